The van der Waals surface area contributed by atoms with E-state index in [2.05, 4.69) is 16.4 Å². The topological polar surface area (TPSA) is 102 Å². The van der Waals surface area contributed by atoms with Gasteiger partial charge in [-0.2, -0.15) is 10.5 Å². The molecule has 122 valence electrons. The molecule has 2 aliphatic rings. The van der Waals surface area contributed by atoms with Gasteiger partial charge >= 0.3 is 6.09 Å². The number of amidine groups is 1. The number of carbonyl (C=O) groups is 1. The fourth-order valence-electron chi connectivity index (χ4n) is 2.74. The number of hydrogen-bond donors (Lipinski definition) is 1. The van der Waals surface area contributed by atoms with E-state index in [4.69, 9.17) is 10.00 Å². The number of nitrogens with one attached hydrogen (secondary N) is 1. The molecule has 0 radical (unpaired) electrons. The summed E-state index contributed by atoms with van der Waals surface area (Å²) in [4.78, 5) is 17.8. The highest BCUT2D eigenvalue weighted by atomic mass is 16.6. The molecule has 1 aliphatic heterocycles. The highest BCUT2D eigenvalue weighted by Gasteiger charge is 2.44. The van der Waals surface area contributed by atoms with Crippen molar-refractivity contribution in [2.75, 3.05) is 18.0 Å². The molecule has 24 heavy (non-hydrogen) atoms. The third-order valence-corrected chi connectivity index (χ3v) is 4.34. The lowest BCUT2D eigenvalue weighted by molar-refractivity contribution is 0.145. The highest BCUT2D eigenvalue weighted by Crippen LogP contribution is 2.47. The Bertz CT molecular complexity index is 753. The summed E-state index contributed by atoms with van der Waals surface area (Å²) in [5, 5.41) is 20.2. The molecule has 1 aromatic rings. The predicted molar refractivity (Wildman–Crippen MR) is 87.3 cm³/mol. The normalized spacial score (nSPS) is 21.6. The maximum absolute atomic E-state index is 12.0. The highest BCUT2D eigenvalue weighted by molar-refractivity contribution is 5.89. The molecule has 2 fully saturated rings. The number of anilines is 1. The van der Waals surface area contributed by atoms with Gasteiger partial charge < -0.3 is 4.74 Å². The number of ether oxygens (including phenoxy) is 1. The molecule has 1 aromatic carbocycles. The Morgan fingerprint density at radius 3 is 2.71 bits per heavy atom. The van der Waals surface area contributed by atoms with Gasteiger partial charge in [-0.15, -0.1) is 0 Å². The van der Waals surface area contributed by atoms with Crippen molar-refractivity contribution in [2.24, 2.45) is 4.99 Å². The zero-order chi connectivity index (χ0) is 17.2. The maximum Gasteiger partial charge on any atom is 0.414 e. The number of amides is 1. The second kappa shape index (κ2) is 6.21. The van der Waals surface area contributed by atoms with Crippen LogP contribution in [0.4, 0.5) is 10.5 Å². The van der Waals surface area contributed by atoms with Crippen LogP contribution in [0.1, 0.15) is 25.3 Å². The smallest absolute Gasteiger partial charge is 0.414 e. The first-order valence-electron chi connectivity index (χ1n) is 7.74. The number of hydrogen-bond acceptors (Lipinski definition) is 5. The number of aliphatic imine (C=N–C) groups is 1. The van der Waals surface area contributed by atoms with E-state index in [0.717, 1.165) is 24.1 Å². The van der Waals surface area contributed by atoms with Crippen molar-refractivity contribution in [1.29, 1.82) is 10.5 Å². The number of nitriles is 2. The summed E-state index contributed by atoms with van der Waals surface area (Å²) in [7, 11) is 0. The van der Waals surface area contributed by atoms with E-state index >= 15 is 0 Å². The van der Waals surface area contributed by atoms with Crippen LogP contribution in [-0.4, -0.2) is 31.1 Å². The minimum absolute atomic E-state index is 0.304. The van der Waals surface area contributed by atoms with E-state index in [1.807, 2.05) is 24.3 Å². The van der Waals surface area contributed by atoms with Crippen LogP contribution in [0.5, 0.6) is 0 Å². The second-order valence-electron chi connectivity index (χ2n) is 6.02. The van der Waals surface area contributed by atoms with E-state index < -0.39 is 6.09 Å². The summed E-state index contributed by atoms with van der Waals surface area (Å²) in [6.45, 7) is 2.39. The Balaban J connectivity index is 1.65. The molecule has 3 rings (SSSR count). The standard InChI is InChI=1S/C17H17N5O2/c1-12(21-11-19)20-8-15-9-22(16(23)24-15)14-4-2-13(3-5-14)17(10-18)6-7-17/h2-5,15H,6-9H2,1H3,(H,20,21)/t15-/m0/s1. The summed E-state index contributed by atoms with van der Waals surface area (Å²) < 4.78 is 5.30. The van der Waals surface area contributed by atoms with E-state index in [0.29, 0.717) is 18.9 Å². The van der Waals surface area contributed by atoms with Crippen LogP contribution >= 0.6 is 0 Å². The molecule has 0 bridgehead atoms. The van der Waals surface area contributed by atoms with Gasteiger partial charge in [0.1, 0.15) is 11.9 Å². The Morgan fingerprint density at radius 1 is 1.42 bits per heavy atom. The second-order valence-corrected chi connectivity index (χ2v) is 6.02. The molecule has 1 saturated carbocycles. The molecule has 1 aliphatic carbocycles. The summed E-state index contributed by atoms with van der Waals surface area (Å²) in [6.07, 6.45) is 2.83. The van der Waals surface area contributed by atoms with Gasteiger partial charge in [-0.25, -0.2) is 4.79 Å². The molecule has 1 N–H and O–H groups in total. The molecule has 0 unspecified atom stereocenters. The van der Waals surface area contributed by atoms with Crippen LogP contribution in [0.15, 0.2) is 29.3 Å². The summed E-state index contributed by atoms with van der Waals surface area (Å²) >= 11 is 0. The van der Waals surface area contributed by atoms with Crippen LogP contribution in [0, 0.1) is 22.8 Å². The quantitative estimate of drug-likeness (QED) is 0.395. The third kappa shape index (κ3) is 3.02. The lowest BCUT2D eigenvalue weighted by Gasteiger charge is -2.14. The van der Waals surface area contributed by atoms with Gasteiger partial charge in [0.25, 0.3) is 0 Å². The number of cyclic esters (lactones) is 1. The van der Waals surface area contributed by atoms with Gasteiger partial charge in [-0.3, -0.25) is 15.2 Å². The Hall–Kier alpha value is -3.06. The molecule has 1 heterocycles. The SMILES string of the molecule is CC(=NC[C@H]1CN(c2ccc(C3(C#N)CC3)cc2)C(=O)O1)NC#N. The summed E-state index contributed by atoms with van der Waals surface area (Å²) in [6, 6.07) is 9.88. The zero-order valence-electron chi connectivity index (χ0n) is 13.3. The minimum atomic E-state index is -0.407. The van der Waals surface area contributed by atoms with Crippen molar-refractivity contribution in [3.05, 3.63) is 29.8 Å². The van der Waals surface area contributed by atoms with Gasteiger partial charge in [0, 0.05) is 5.69 Å². The van der Waals surface area contributed by atoms with Gasteiger partial charge in [-0.1, -0.05) is 12.1 Å². The molecule has 7 heteroatoms. The molecular weight excluding hydrogens is 306 g/mol. The number of rotatable bonds is 4. The van der Waals surface area contributed by atoms with E-state index in [1.165, 1.54) is 0 Å². The third-order valence-electron chi connectivity index (χ3n) is 4.34. The van der Waals surface area contributed by atoms with Gasteiger partial charge in [0.05, 0.1) is 24.6 Å². The van der Waals surface area contributed by atoms with Crippen molar-refractivity contribution >= 4 is 17.6 Å². The first-order chi connectivity index (χ1) is 11.6. The average Bonchev–Trinajstić information content (AvgIpc) is 3.30. The zero-order valence-corrected chi connectivity index (χ0v) is 13.3. The molecule has 1 amide bonds. The number of nitrogens with zero attached hydrogens (tertiary/aromatic N) is 4. The minimum Gasteiger partial charge on any atom is -0.442 e. The van der Waals surface area contributed by atoms with Gasteiger partial charge in [0.15, 0.2) is 6.19 Å². The summed E-state index contributed by atoms with van der Waals surface area (Å²) in [5.41, 5.74) is 1.42. The molecule has 1 atom stereocenters. The number of carbonyl (C=O) groups excluding carboxylic acids is 1. The maximum atomic E-state index is 12.0. The van der Waals surface area contributed by atoms with E-state index in [-0.39, 0.29) is 11.5 Å². The van der Waals surface area contributed by atoms with Crippen molar-refractivity contribution in [1.82, 2.24) is 5.32 Å². The largest absolute Gasteiger partial charge is 0.442 e. The summed E-state index contributed by atoms with van der Waals surface area (Å²) in [5.74, 6) is 0.489. The van der Waals surface area contributed by atoms with Crippen LogP contribution in [-0.2, 0) is 10.2 Å². The number of benzene rings is 1. The van der Waals surface area contributed by atoms with Crippen molar-refractivity contribution in [3.8, 4) is 12.3 Å². The Morgan fingerprint density at radius 2 is 2.12 bits per heavy atom. The van der Waals surface area contributed by atoms with Crippen LogP contribution in [0.2, 0.25) is 0 Å². The van der Waals surface area contributed by atoms with Gasteiger partial charge in [0.2, 0.25) is 0 Å². The predicted octanol–water partition coefficient (Wildman–Crippen LogP) is 2.06. The monoisotopic (exact) mass is 323 g/mol. The van der Waals surface area contributed by atoms with Crippen LogP contribution in [0.3, 0.4) is 0 Å². The fraction of sp³-hybridized carbons (Fsp3) is 0.412. The van der Waals surface area contributed by atoms with Crippen molar-refractivity contribution < 1.29 is 9.53 Å². The molecule has 0 spiro atoms. The average molecular weight is 323 g/mol. The van der Waals surface area contributed by atoms with Crippen LogP contribution in [0.25, 0.3) is 0 Å². The van der Waals surface area contributed by atoms with Crippen molar-refractivity contribution in [3.63, 3.8) is 0 Å². The van der Waals surface area contributed by atoms with E-state index in [9.17, 15) is 10.1 Å². The Kier molecular flexibility index (Phi) is 4.09. The first kappa shape index (κ1) is 15.8. The molecule has 0 aromatic heterocycles. The molecule has 1 saturated heterocycles. The first-order valence-corrected chi connectivity index (χ1v) is 7.74. The van der Waals surface area contributed by atoms with Crippen LogP contribution < -0.4 is 10.2 Å². The fourth-order valence-corrected chi connectivity index (χ4v) is 2.74. The molecule has 7 nitrogen and oxygen atoms in total. The lowest BCUT2D eigenvalue weighted by Crippen LogP contribution is -2.25. The van der Waals surface area contributed by atoms with Gasteiger partial charge in [-0.05, 0) is 37.5 Å². The Labute approximate surface area is 140 Å². The molecular formula is C17H17N5O2. The van der Waals surface area contributed by atoms with Crippen molar-refractivity contribution in [2.45, 2.75) is 31.3 Å². The van der Waals surface area contributed by atoms with E-state index in [1.54, 1.807) is 18.0 Å². The lowest BCUT2D eigenvalue weighted by atomic mass is 9.97.